The molecule has 2 heterocycles. The number of amides is 2. The van der Waals surface area contributed by atoms with Crippen LogP contribution in [0.4, 0.5) is 0 Å². The zero-order valence-corrected chi connectivity index (χ0v) is 16.6. The lowest BCUT2D eigenvalue weighted by atomic mass is 10.1. The summed E-state index contributed by atoms with van der Waals surface area (Å²) < 4.78 is 27.2. The second-order valence-electron chi connectivity index (χ2n) is 6.55. The molecule has 0 radical (unpaired) electrons. The van der Waals surface area contributed by atoms with Gasteiger partial charge in [-0.05, 0) is 31.1 Å². The number of sulfonamides is 1. The molecule has 1 saturated heterocycles. The number of thioether (sulfide) groups is 1. The normalized spacial score (nSPS) is 22.9. The highest BCUT2D eigenvalue weighted by Gasteiger charge is 2.40. The van der Waals surface area contributed by atoms with E-state index in [-0.39, 0.29) is 15.4 Å². The van der Waals surface area contributed by atoms with E-state index in [9.17, 15) is 18.0 Å². The second kappa shape index (κ2) is 8.34. The maximum atomic E-state index is 12.9. The van der Waals surface area contributed by atoms with Crippen molar-refractivity contribution >= 4 is 33.6 Å². The average molecular weight is 421 g/mol. The SMILES string of the molecule is N#Cc1ccccc1C(=O)NC1SC(S(=O)(=O)N2CCCCC2)=CC1C(N)=O. The van der Waals surface area contributed by atoms with Gasteiger partial charge in [0, 0.05) is 13.1 Å². The number of nitrogens with zero attached hydrogens (tertiary/aromatic N) is 2. The number of hydrogen-bond donors (Lipinski definition) is 2. The Kier molecular flexibility index (Phi) is 6.07. The molecule has 1 aromatic carbocycles. The first-order chi connectivity index (χ1) is 13.3. The van der Waals surface area contributed by atoms with Crippen molar-refractivity contribution in [3.8, 4) is 6.07 Å². The molecule has 2 amide bonds. The molecule has 2 unspecified atom stereocenters. The Labute approximate surface area is 167 Å². The number of carbonyl (C=O) groups excluding carboxylic acids is 2. The number of piperidine rings is 1. The number of hydrogen-bond acceptors (Lipinski definition) is 6. The van der Waals surface area contributed by atoms with E-state index in [1.165, 1.54) is 22.5 Å². The van der Waals surface area contributed by atoms with Crippen molar-refractivity contribution in [3.63, 3.8) is 0 Å². The first-order valence-corrected chi connectivity index (χ1v) is 11.1. The van der Waals surface area contributed by atoms with Gasteiger partial charge >= 0.3 is 0 Å². The van der Waals surface area contributed by atoms with E-state index in [0.29, 0.717) is 13.1 Å². The topological polar surface area (TPSA) is 133 Å². The Balaban J connectivity index is 1.81. The number of rotatable bonds is 5. The van der Waals surface area contributed by atoms with E-state index >= 15 is 0 Å². The van der Waals surface area contributed by atoms with Crippen LogP contribution in [-0.2, 0) is 14.8 Å². The Bertz CT molecular complexity index is 962. The van der Waals surface area contributed by atoms with Crippen LogP contribution in [0.15, 0.2) is 34.6 Å². The third kappa shape index (κ3) is 4.06. The van der Waals surface area contributed by atoms with Gasteiger partial charge in [0.15, 0.2) is 0 Å². The van der Waals surface area contributed by atoms with Gasteiger partial charge < -0.3 is 11.1 Å². The lowest BCUT2D eigenvalue weighted by Crippen LogP contribution is -2.41. The quantitative estimate of drug-likeness (QED) is 0.733. The summed E-state index contributed by atoms with van der Waals surface area (Å²) in [5.41, 5.74) is 5.78. The van der Waals surface area contributed by atoms with E-state index in [4.69, 9.17) is 11.0 Å². The van der Waals surface area contributed by atoms with Gasteiger partial charge in [-0.15, -0.1) is 0 Å². The van der Waals surface area contributed by atoms with E-state index in [2.05, 4.69) is 5.32 Å². The summed E-state index contributed by atoms with van der Waals surface area (Å²) in [5, 5.41) is 10.9. The molecule has 148 valence electrons. The number of carbonyl (C=O) groups is 2. The summed E-state index contributed by atoms with van der Waals surface area (Å²) >= 11 is 0.900. The predicted octanol–water partition coefficient (Wildman–Crippen LogP) is 1.12. The standard InChI is InChI=1S/C18H20N4O4S2/c19-11-12-6-2-3-7-13(12)17(24)21-18-14(16(20)23)10-15(27-18)28(25,26)22-8-4-1-5-9-22/h2-3,6-7,10,14,18H,1,4-5,8-9H2,(H2,20,23)(H,21,24). The maximum absolute atomic E-state index is 12.9. The van der Waals surface area contributed by atoms with Crippen LogP contribution in [0.3, 0.4) is 0 Å². The molecule has 1 fully saturated rings. The van der Waals surface area contributed by atoms with Crippen LogP contribution in [0, 0.1) is 17.2 Å². The van der Waals surface area contributed by atoms with Crippen LogP contribution in [-0.4, -0.2) is 43.0 Å². The molecule has 10 heteroatoms. The lowest BCUT2D eigenvalue weighted by Gasteiger charge is -2.26. The van der Waals surface area contributed by atoms with Crippen LogP contribution >= 0.6 is 11.8 Å². The van der Waals surface area contributed by atoms with Crippen molar-refractivity contribution in [2.75, 3.05) is 13.1 Å². The fraction of sp³-hybridized carbons (Fsp3) is 0.389. The molecule has 2 aliphatic rings. The molecule has 0 bridgehead atoms. The molecule has 3 N–H and O–H groups in total. The molecule has 1 aromatic rings. The summed E-state index contributed by atoms with van der Waals surface area (Å²) in [5.74, 6) is -2.25. The van der Waals surface area contributed by atoms with Crippen molar-refractivity contribution in [2.45, 2.75) is 24.6 Å². The maximum Gasteiger partial charge on any atom is 0.253 e. The highest BCUT2D eigenvalue weighted by Crippen LogP contribution is 2.40. The van der Waals surface area contributed by atoms with Gasteiger partial charge in [0.25, 0.3) is 5.91 Å². The number of primary amides is 1. The van der Waals surface area contributed by atoms with Gasteiger partial charge in [-0.2, -0.15) is 9.57 Å². The Morgan fingerprint density at radius 2 is 1.89 bits per heavy atom. The van der Waals surface area contributed by atoms with Gasteiger partial charge in [0.1, 0.15) is 4.24 Å². The summed E-state index contributed by atoms with van der Waals surface area (Å²) in [4.78, 5) is 24.4. The minimum atomic E-state index is -3.73. The van der Waals surface area contributed by atoms with Gasteiger partial charge in [-0.25, -0.2) is 8.42 Å². The molecule has 8 nitrogen and oxygen atoms in total. The minimum Gasteiger partial charge on any atom is -0.369 e. The van der Waals surface area contributed by atoms with E-state index in [0.717, 1.165) is 31.0 Å². The minimum absolute atomic E-state index is 0.0251. The average Bonchev–Trinajstić information content (AvgIpc) is 3.13. The fourth-order valence-electron chi connectivity index (χ4n) is 3.19. The summed E-state index contributed by atoms with van der Waals surface area (Å²) in [7, 11) is -3.73. The fourth-order valence-corrected chi connectivity index (χ4v) is 6.61. The highest BCUT2D eigenvalue weighted by molar-refractivity contribution is 8.18. The van der Waals surface area contributed by atoms with Crippen molar-refractivity contribution in [1.82, 2.24) is 9.62 Å². The molecular formula is C18H20N4O4S2. The second-order valence-corrected chi connectivity index (χ2v) is 9.90. The van der Waals surface area contributed by atoms with Crippen LogP contribution in [0.1, 0.15) is 35.2 Å². The predicted molar refractivity (Wildman–Crippen MR) is 105 cm³/mol. The molecule has 0 spiro atoms. The molecule has 3 rings (SSSR count). The lowest BCUT2D eigenvalue weighted by molar-refractivity contribution is -0.120. The summed E-state index contributed by atoms with van der Waals surface area (Å²) in [6.45, 7) is 0.877. The highest BCUT2D eigenvalue weighted by atomic mass is 32.3. The van der Waals surface area contributed by atoms with Crippen molar-refractivity contribution < 1.29 is 18.0 Å². The van der Waals surface area contributed by atoms with Crippen LogP contribution in [0.25, 0.3) is 0 Å². The Hall–Kier alpha value is -2.35. The number of nitrogens with two attached hydrogens (primary N) is 1. The van der Waals surface area contributed by atoms with E-state index < -0.39 is 33.1 Å². The number of benzene rings is 1. The Morgan fingerprint density at radius 1 is 1.21 bits per heavy atom. The molecule has 0 aliphatic carbocycles. The van der Waals surface area contributed by atoms with Crippen LogP contribution in [0.2, 0.25) is 0 Å². The summed E-state index contributed by atoms with van der Waals surface area (Å²) in [6.07, 6.45) is 3.89. The van der Waals surface area contributed by atoms with Gasteiger partial charge in [0.05, 0.1) is 28.5 Å². The van der Waals surface area contributed by atoms with E-state index in [1.54, 1.807) is 12.1 Å². The largest absolute Gasteiger partial charge is 0.369 e. The van der Waals surface area contributed by atoms with Crippen molar-refractivity contribution in [3.05, 3.63) is 45.7 Å². The van der Waals surface area contributed by atoms with Crippen LogP contribution < -0.4 is 11.1 Å². The van der Waals surface area contributed by atoms with Gasteiger partial charge in [-0.1, -0.05) is 30.3 Å². The molecule has 2 atom stereocenters. The molecular weight excluding hydrogens is 400 g/mol. The molecule has 28 heavy (non-hydrogen) atoms. The molecule has 0 aromatic heterocycles. The molecule has 0 saturated carbocycles. The van der Waals surface area contributed by atoms with Gasteiger partial charge in [0.2, 0.25) is 15.9 Å². The third-order valence-electron chi connectivity index (χ3n) is 4.69. The summed E-state index contributed by atoms with van der Waals surface area (Å²) in [6, 6.07) is 8.19. The van der Waals surface area contributed by atoms with Gasteiger partial charge in [-0.3, -0.25) is 9.59 Å². The zero-order chi connectivity index (χ0) is 20.3. The Morgan fingerprint density at radius 3 is 2.54 bits per heavy atom. The van der Waals surface area contributed by atoms with Crippen molar-refractivity contribution in [2.24, 2.45) is 11.7 Å². The first-order valence-electron chi connectivity index (χ1n) is 8.82. The number of nitrogens with one attached hydrogen (secondary N) is 1. The number of nitriles is 1. The van der Waals surface area contributed by atoms with Crippen molar-refractivity contribution in [1.29, 1.82) is 5.26 Å². The van der Waals surface area contributed by atoms with Crippen LogP contribution in [0.5, 0.6) is 0 Å². The zero-order valence-electron chi connectivity index (χ0n) is 15.0. The first kappa shape index (κ1) is 20.4. The monoisotopic (exact) mass is 420 g/mol. The van der Waals surface area contributed by atoms with E-state index in [1.807, 2.05) is 6.07 Å². The third-order valence-corrected chi connectivity index (χ3v) is 8.33. The smallest absolute Gasteiger partial charge is 0.253 e. The molecule has 2 aliphatic heterocycles.